The molecule has 4 nitrogen and oxygen atoms in total. The molecule has 2 aromatic carbocycles. The second-order valence-corrected chi connectivity index (χ2v) is 10.7. The van der Waals surface area contributed by atoms with Crippen LogP contribution in [0.1, 0.15) is 73.9 Å². The number of aromatic nitrogens is 2. The van der Waals surface area contributed by atoms with Crippen molar-refractivity contribution in [2.45, 2.75) is 65.2 Å². The molecule has 2 heterocycles. The summed E-state index contributed by atoms with van der Waals surface area (Å²) in [6.07, 6.45) is 19.9. The number of likely N-dealkylation sites (N-methyl/N-ethyl adjacent to an activating group) is 1. The third-order valence-electron chi connectivity index (χ3n) is 7.67. The minimum atomic E-state index is 0.723. The van der Waals surface area contributed by atoms with Gasteiger partial charge in [0.15, 0.2) is 0 Å². The predicted octanol–water partition coefficient (Wildman–Crippen LogP) is 8.14. The van der Waals surface area contributed by atoms with Crippen LogP contribution in [-0.2, 0) is 19.3 Å². The average molecular weight is 526 g/mol. The van der Waals surface area contributed by atoms with Crippen LogP contribution in [0.4, 0.5) is 0 Å². The fourth-order valence-corrected chi connectivity index (χ4v) is 6.04. The molecule has 1 aliphatic heterocycles. The summed E-state index contributed by atoms with van der Waals surface area (Å²) < 4.78 is 15.1. The quantitative estimate of drug-likeness (QED) is 0.278. The van der Waals surface area contributed by atoms with Crippen LogP contribution in [0.3, 0.4) is 0 Å². The van der Waals surface area contributed by atoms with Crippen LogP contribution in [0.25, 0.3) is 22.8 Å². The van der Waals surface area contributed by atoms with Crippen molar-refractivity contribution in [1.29, 1.82) is 0 Å². The fourth-order valence-electron chi connectivity index (χ4n) is 5.51. The Hall–Kier alpha value is -3.18. The highest BCUT2D eigenvalue weighted by atomic mass is 32.1. The van der Waals surface area contributed by atoms with E-state index in [9.17, 15) is 0 Å². The summed E-state index contributed by atoms with van der Waals surface area (Å²) in [6.45, 7) is 7.31. The first-order chi connectivity index (χ1) is 18.8. The topological polar surface area (TPSA) is 38.3 Å². The highest BCUT2D eigenvalue weighted by molar-refractivity contribution is 6.99. The van der Waals surface area contributed by atoms with Crippen LogP contribution in [0.2, 0.25) is 0 Å². The molecule has 0 fully saturated rings. The Bertz CT molecular complexity index is 1320. The molecule has 0 amide bonds. The summed E-state index contributed by atoms with van der Waals surface area (Å²) >= 11 is 1.26. The van der Waals surface area contributed by atoms with E-state index in [0.29, 0.717) is 0 Å². The SMILES string of the molecule is CCCCCCOc1nsnc1C1=Cc2c(ccc3c2CCc2ccccc2-3)CC1.CCN1C=CC=CC1. The highest BCUT2D eigenvalue weighted by Gasteiger charge is 2.24. The van der Waals surface area contributed by atoms with Crippen molar-refractivity contribution in [3.8, 4) is 17.0 Å². The first-order valence-electron chi connectivity index (χ1n) is 14.2. The number of hydrogen-bond acceptors (Lipinski definition) is 5. The number of benzene rings is 2. The molecule has 6 rings (SSSR count). The maximum absolute atomic E-state index is 6.02. The zero-order valence-electron chi connectivity index (χ0n) is 22.8. The fraction of sp³-hybridized carbons (Fsp3) is 0.394. The van der Waals surface area contributed by atoms with Gasteiger partial charge in [-0.3, -0.25) is 0 Å². The maximum atomic E-state index is 6.02. The van der Waals surface area contributed by atoms with Crippen LogP contribution < -0.4 is 4.74 Å². The molecule has 1 aromatic heterocycles. The number of rotatable bonds is 8. The molecule has 5 heteroatoms. The smallest absolute Gasteiger partial charge is 0.253 e. The van der Waals surface area contributed by atoms with E-state index < -0.39 is 0 Å². The van der Waals surface area contributed by atoms with Crippen molar-refractivity contribution < 1.29 is 4.74 Å². The van der Waals surface area contributed by atoms with Crippen molar-refractivity contribution in [3.63, 3.8) is 0 Å². The molecule has 3 aliphatic rings. The number of hydrogen-bond donors (Lipinski definition) is 0. The Kier molecular flexibility index (Phi) is 9.08. The number of nitrogens with zero attached hydrogens (tertiary/aromatic N) is 3. The second-order valence-electron chi connectivity index (χ2n) is 10.2. The molecule has 38 heavy (non-hydrogen) atoms. The van der Waals surface area contributed by atoms with Crippen LogP contribution in [0.5, 0.6) is 5.88 Å². The third-order valence-corrected chi connectivity index (χ3v) is 8.18. The Balaban J connectivity index is 0.000000316. The van der Waals surface area contributed by atoms with Gasteiger partial charge >= 0.3 is 0 Å². The minimum Gasteiger partial charge on any atom is -0.475 e. The van der Waals surface area contributed by atoms with Crippen molar-refractivity contribution >= 4 is 23.4 Å². The summed E-state index contributed by atoms with van der Waals surface area (Å²) in [4.78, 5) is 2.25. The molecule has 0 unspecified atom stereocenters. The molecule has 0 saturated heterocycles. The molecule has 0 spiro atoms. The van der Waals surface area contributed by atoms with Gasteiger partial charge < -0.3 is 9.64 Å². The molecule has 0 atom stereocenters. The van der Waals surface area contributed by atoms with Crippen LogP contribution in [0, 0.1) is 0 Å². The van der Waals surface area contributed by atoms with E-state index in [4.69, 9.17) is 4.74 Å². The van der Waals surface area contributed by atoms with Gasteiger partial charge in [0.25, 0.3) is 5.88 Å². The zero-order chi connectivity index (χ0) is 26.2. The van der Waals surface area contributed by atoms with Gasteiger partial charge in [-0.2, -0.15) is 4.37 Å². The normalized spacial score (nSPS) is 15.1. The van der Waals surface area contributed by atoms with Gasteiger partial charge in [-0.15, -0.1) is 4.37 Å². The van der Waals surface area contributed by atoms with E-state index in [0.717, 1.165) is 63.4 Å². The molecule has 0 bridgehead atoms. The molecule has 0 saturated carbocycles. The van der Waals surface area contributed by atoms with Gasteiger partial charge in [0.2, 0.25) is 0 Å². The van der Waals surface area contributed by atoms with E-state index in [1.165, 1.54) is 69.9 Å². The largest absolute Gasteiger partial charge is 0.475 e. The summed E-state index contributed by atoms with van der Waals surface area (Å²) in [6, 6.07) is 13.5. The van der Waals surface area contributed by atoms with E-state index >= 15 is 0 Å². The van der Waals surface area contributed by atoms with Gasteiger partial charge in [-0.25, -0.2) is 0 Å². The number of unbranched alkanes of at least 4 members (excludes halogenated alkanes) is 3. The summed E-state index contributed by atoms with van der Waals surface area (Å²) in [5, 5.41) is 0. The molecular formula is C33H39N3OS. The van der Waals surface area contributed by atoms with Crippen LogP contribution in [-0.4, -0.2) is 33.3 Å². The lowest BCUT2D eigenvalue weighted by molar-refractivity contribution is 0.295. The van der Waals surface area contributed by atoms with Crippen molar-refractivity contribution in [2.75, 3.05) is 19.7 Å². The monoisotopic (exact) mass is 525 g/mol. The first-order valence-corrected chi connectivity index (χ1v) is 15.0. The lowest BCUT2D eigenvalue weighted by Crippen LogP contribution is -2.17. The number of aryl methyl sites for hydroxylation is 2. The van der Waals surface area contributed by atoms with Crippen molar-refractivity contribution in [3.05, 3.63) is 88.8 Å². The highest BCUT2D eigenvalue weighted by Crippen LogP contribution is 2.41. The number of ether oxygens (including phenoxy) is 1. The molecule has 0 N–H and O–H groups in total. The summed E-state index contributed by atoms with van der Waals surface area (Å²) in [7, 11) is 0. The lowest BCUT2D eigenvalue weighted by Gasteiger charge is -2.26. The minimum absolute atomic E-state index is 0.723. The molecular weight excluding hydrogens is 486 g/mol. The van der Waals surface area contributed by atoms with Gasteiger partial charge in [0, 0.05) is 13.1 Å². The Labute approximate surface area is 232 Å². The standard InChI is InChI=1S/C26H28N2OS.C7H11N/c1-2-3-4-7-16-29-26-25(27-30-28-26)20-11-10-19-13-14-22-21-9-6-5-8-18(21)12-15-23(22)24(19)17-20;1-2-8-6-4-3-5-7-8/h5-6,8-9,13-14,17H,2-4,7,10-12,15-16H2,1H3;3-6H,2,7H2,1H3. The van der Waals surface area contributed by atoms with Crippen LogP contribution >= 0.6 is 11.7 Å². The number of allylic oxidation sites excluding steroid dienone is 3. The predicted molar refractivity (Wildman–Crippen MR) is 161 cm³/mol. The lowest BCUT2D eigenvalue weighted by atomic mass is 9.79. The molecule has 0 radical (unpaired) electrons. The van der Waals surface area contributed by atoms with Crippen LogP contribution in [0.15, 0.2) is 60.8 Å². The Morgan fingerprint density at radius 1 is 0.868 bits per heavy atom. The van der Waals surface area contributed by atoms with E-state index in [2.05, 4.69) is 94.4 Å². The van der Waals surface area contributed by atoms with Crippen molar-refractivity contribution in [2.24, 2.45) is 0 Å². The molecule has 198 valence electrons. The first kappa shape index (κ1) is 26.4. The summed E-state index contributed by atoms with van der Waals surface area (Å²) in [5.41, 5.74) is 10.8. The van der Waals surface area contributed by atoms with E-state index in [1.807, 2.05) is 0 Å². The number of fused-ring (bicyclic) bond motifs is 5. The maximum Gasteiger partial charge on any atom is 0.253 e. The van der Waals surface area contributed by atoms with Gasteiger partial charge in [0.05, 0.1) is 18.3 Å². The van der Waals surface area contributed by atoms with E-state index in [1.54, 1.807) is 0 Å². The second kappa shape index (κ2) is 13.1. The average Bonchev–Trinajstić information content (AvgIpc) is 3.46. The summed E-state index contributed by atoms with van der Waals surface area (Å²) in [5.74, 6) is 0.723. The Morgan fingerprint density at radius 3 is 2.58 bits per heavy atom. The van der Waals surface area contributed by atoms with Gasteiger partial charge in [-0.05, 0) is 96.3 Å². The molecule has 3 aromatic rings. The van der Waals surface area contributed by atoms with Gasteiger partial charge in [-0.1, -0.05) is 74.7 Å². The third kappa shape index (κ3) is 6.10. The molecule has 2 aliphatic carbocycles. The van der Waals surface area contributed by atoms with Gasteiger partial charge in [0.1, 0.15) is 5.69 Å². The van der Waals surface area contributed by atoms with Crippen molar-refractivity contribution in [1.82, 2.24) is 13.6 Å². The Morgan fingerprint density at radius 2 is 1.76 bits per heavy atom. The zero-order valence-corrected chi connectivity index (χ0v) is 23.6. The van der Waals surface area contributed by atoms with E-state index in [-0.39, 0.29) is 0 Å².